The van der Waals surface area contributed by atoms with Crippen molar-refractivity contribution in [2.75, 3.05) is 0 Å². The van der Waals surface area contributed by atoms with Crippen LogP contribution in [0.1, 0.15) is 43.6 Å². The summed E-state index contributed by atoms with van der Waals surface area (Å²) in [6, 6.07) is 12.8. The molecule has 0 saturated carbocycles. The van der Waals surface area contributed by atoms with E-state index in [1.807, 2.05) is 51.1 Å². The van der Waals surface area contributed by atoms with Crippen LogP contribution in [0.5, 0.6) is 0 Å². The van der Waals surface area contributed by atoms with Gasteiger partial charge in [0.2, 0.25) is 0 Å². The molecular formula is C26H26ClN5O3. The lowest BCUT2D eigenvalue weighted by atomic mass is 10.1. The molecule has 0 aliphatic rings. The van der Waals surface area contributed by atoms with Crippen LogP contribution < -0.4 is 5.32 Å². The number of halogens is 1. The minimum absolute atomic E-state index is 0.259. The Hall–Kier alpha value is -3.78. The molecule has 4 aromatic rings. The summed E-state index contributed by atoms with van der Waals surface area (Å²) < 4.78 is 7.22. The van der Waals surface area contributed by atoms with E-state index in [2.05, 4.69) is 15.4 Å². The van der Waals surface area contributed by atoms with E-state index in [0.29, 0.717) is 28.3 Å². The standard InChI is InChI=1S/C26H26ClN5O3/c1-16(24(33)31-26(2,3)4)35-25(34)19-12-22(17-9-7-11-28-13-17)30-23-20(19)14-29-32(23)15-18-8-5-6-10-21(18)27/h5-14,16H,15H2,1-4H3,(H,31,33)/t16-/m0/s1. The van der Waals surface area contributed by atoms with E-state index in [1.54, 1.807) is 42.3 Å². The number of carbonyl (C=O) groups is 2. The number of fused-ring (bicyclic) bond motifs is 1. The first-order valence-electron chi connectivity index (χ1n) is 11.2. The van der Waals surface area contributed by atoms with Crippen molar-refractivity contribution in [3.8, 4) is 11.3 Å². The number of rotatable bonds is 6. The number of ether oxygens (including phenoxy) is 1. The van der Waals surface area contributed by atoms with Crippen LogP contribution in [0.15, 0.2) is 61.1 Å². The van der Waals surface area contributed by atoms with Gasteiger partial charge in [0.15, 0.2) is 11.8 Å². The number of pyridine rings is 2. The van der Waals surface area contributed by atoms with E-state index in [1.165, 1.54) is 0 Å². The molecule has 1 atom stereocenters. The molecule has 35 heavy (non-hydrogen) atoms. The maximum absolute atomic E-state index is 13.2. The molecule has 3 heterocycles. The van der Waals surface area contributed by atoms with Crippen LogP contribution in [0.4, 0.5) is 0 Å². The zero-order valence-corrected chi connectivity index (χ0v) is 20.7. The van der Waals surface area contributed by atoms with E-state index < -0.39 is 17.6 Å². The van der Waals surface area contributed by atoms with Crippen molar-refractivity contribution < 1.29 is 14.3 Å². The van der Waals surface area contributed by atoms with Gasteiger partial charge in [-0.3, -0.25) is 9.78 Å². The van der Waals surface area contributed by atoms with Gasteiger partial charge >= 0.3 is 5.97 Å². The highest BCUT2D eigenvalue weighted by atomic mass is 35.5. The maximum Gasteiger partial charge on any atom is 0.339 e. The lowest BCUT2D eigenvalue weighted by Gasteiger charge is -2.23. The minimum atomic E-state index is -0.982. The van der Waals surface area contributed by atoms with E-state index >= 15 is 0 Å². The summed E-state index contributed by atoms with van der Waals surface area (Å²) in [5.41, 5.74) is 2.43. The quantitative estimate of drug-likeness (QED) is 0.394. The average molecular weight is 492 g/mol. The molecule has 180 valence electrons. The zero-order chi connectivity index (χ0) is 25.2. The van der Waals surface area contributed by atoms with Crippen LogP contribution in [0.3, 0.4) is 0 Å². The molecule has 0 fully saturated rings. The molecule has 1 aromatic carbocycles. The Balaban J connectivity index is 1.74. The molecule has 0 radical (unpaired) electrons. The van der Waals surface area contributed by atoms with Gasteiger partial charge in [-0.15, -0.1) is 0 Å². The molecule has 9 heteroatoms. The van der Waals surface area contributed by atoms with Gasteiger partial charge in [0.1, 0.15) is 0 Å². The minimum Gasteiger partial charge on any atom is -0.449 e. The van der Waals surface area contributed by atoms with Gasteiger partial charge in [-0.1, -0.05) is 29.8 Å². The summed E-state index contributed by atoms with van der Waals surface area (Å²) in [6.07, 6.45) is 3.92. The maximum atomic E-state index is 13.2. The molecule has 0 saturated heterocycles. The predicted molar refractivity (Wildman–Crippen MR) is 134 cm³/mol. The zero-order valence-electron chi connectivity index (χ0n) is 19.9. The van der Waals surface area contributed by atoms with Crippen LogP contribution in [0.25, 0.3) is 22.3 Å². The van der Waals surface area contributed by atoms with Crippen molar-refractivity contribution in [3.63, 3.8) is 0 Å². The molecule has 0 aliphatic carbocycles. The average Bonchev–Trinajstić information content (AvgIpc) is 3.22. The molecule has 3 aromatic heterocycles. The number of nitrogens with one attached hydrogen (secondary N) is 1. The first-order chi connectivity index (χ1) is 16.6. The highest BCUT2D eigenvalue weighted by molar-refractivity contribution is 6.31. The Bertz CT molecular complexity index is 1380. The second-order valence-electron chi connectivity index (χ2n) is 9.21. The summed E-state index contributed by atoms with van der Waals surface area (Å²) in [6.45, 7) is 7.49. The number of aromatic nitrogens is 4. The third kappa shape index (κ3) is 5.66. The van der Waals surface area contributed by atoms with Crippen molar-refractivity contribution in [1.29, 1.82) is 0 Å². The first-order valence-corrected chi connectivity index (χ1v) is 11.5. The number of hydrogen-bond donors (Lipinski definition) is 1. The second kappa shape index (κ2) is 9.84. The molecule has 1 N–H and O–H groups in total. The molecule has 4 rings (SSSR count). The smallest absolute Gasteiger partial charge is 0.339 e. The fourth-order valence-corrected chi connectivity index (χ4v) is 3.73. The lowest BCUT2D eigenvalue weighted by molar-refractivity contribution is -0.130. The summed E-state index contributed by atoms with van der Waals surface area (Å²) in [5.74, 6) is -1.02. The van der Waals surface area contributed by atoms with Crippen molar-refractivity contribution in [3.05, 3.63) is 77.2 Å². The number of esters is 1. The van der Waals surface area contributed by atoms with E-state index in [4.69, 9.17) is 21.3 Å². The van der Waals surface area contributed by atoms with Crippen molar-refractivity contribution in [1.82, 2.24) is 25.1 Å². The Morgan fingerprint density at radius 2 is 1.91 bits per heavy atom. The molecular weight excluding hydrogens is 466 g/mol. The van der Waals surface area contributed by atoms with Crippen molar-refractivity contribution in [2.45, 2.75) is 45.9 Å². The summed E-state index contributed by atoms with van der Waals surface area (Å²) in [5, 5.41) is 8.41. The number of nitrogens with zero attached hydrogens (tertiary/aromatic N) is 4. The van der Waals surface area contributed by atoms with Gasteiger partial charge in [-0.05, 0) is 57.5 Å². The molecule has 0 aliphatic heterocycles. The lowest BCUT2D eigenvalue weighted by Crippen LogP contribution is -2.46. The summed E-state index contributed by atoms with van der Waals surface area (Å²) in [7, 11) is 0. The van der Waals surface area contributed by atoms with Gasteiger partial charge in [0.25, 0.3) is 5.91 Å². The van der Waals surface area contributed by atoms with Gasteiger partial charge in [0, 0.05) is 28.5 Å². The van der Waals surface area contributed by atoms with Crippen LogP contribution in [-0.2, 0) is 16.1 Å². The number of benzene rings is 1. The normalized spacial score (nSPS) is 12.4. The second-order valence-corrected chi connectivity index (χ2v) is 9.62. The van der Waals surface area contributed by atoms with E-state index in [0.717, 1.165) is 11.1 Å². The number of carbonyl (C=O) groups excluding carboxylic acids is 2. The highest BCUT2D eigenvalue weighted by Gasteiger charge is 2.25. The summed E-state index contributed by atoms with van der Waals surface area (Å²) >= 11 is 6.35. The highest BCUT2D eigenvalue weighted by Crippen LogP contribution is 2.27. The third-order valence-electron chi connectivity index (χ3n) is 5.22. The fourth-order valence-electron chi connectivity index (χ4n) is 3.53. The Morgan fingerprint density at radius 3 is 2.60 bits per heavy atom. The van der Waals surface area contributed by atoms with Crippen molar-refractivity contribution in [2.24, 2.45) is 0 Å². The van der Waals surface area contributed by atoms with Gasteiger partial charge in [0.05, 0.1) is 29.4 Å². The molecule has 8 nitrogen and oxygen atoms in total. The molecule has 0 bridgehead atoms. The van der Waals surface area contributed by atoms with Crippen LogP contribution >= 0.6 is 11.6 Å². The summed E-state index contributed by atoms with van der Waals surface area (Å²) in [4.78, 5) is 34.6. The van der Waals surface area contributed by atoms with Crippen LogP contribution in [0, 0.1) is 0 Å². The molecule has 1 amide bonds. The van der Waals surface area contributed by atoms with Crippen molar-refractivity contribution >= 4 is 34.5 Å². The van der Waals surface area contributed by atoms with Crippen LogP contribution in [-0.4, -0.2) is 43.3 Å². The first kappa shape index (κ1) is 24.3. The molecule has 0 spiro atoms. The fraction of sp³-hybridized carbons (Fsp3) is 0.269. The van der Waals surface area contributed by atoms with E-state index in [-0.39, 0.29) is 11.5 Å². The van der Waals surface area contributed by atoms with E-state index in [9.17, 15) is 9.59 Å². The topological polar surface area (TPSA) is 99.0 Å². The monoisotopic (exact) mass is 491 g/mol. The predicted octanol–water partition coefficient (Wildman–Crippen LogP) is 4.66. The number of amides is 1. The Kier molecular flexibility index (Phi) is 6.84. The Labute approximate surface area is 208 Å². The van der Waals surface area contributed by atoms with Gasteiger partial charge in [-0.25, -0.2) is 14.5 Å². The Morgan fingerprint density at radius 1 is 1.14 bits per heavy atom. The largest absolute Gasteiger partial charge is 0.449 e. The molecule has 0 unspecified atom stereocenters. The van der Waals surface area contributed by atoms with Gasteiger partial charge in [-0.2, -0.15) is 5.10 Å². The SMILES string of the molecule is C[C@H](OC(=O)c1cc(-c2cccnc2)nc2c1cnn2Cc1ccccc1Cl)C(=O)NC(C)(C)C. The number of hydrogen-bond acceptors (Lipinski definition) is 6. The van der Waals surface area contributed by atoms with Crippen LogP contribution in [0.2, 0.25) is 5.02 Å². The van der Waals surface area contributed by atoms with Gasteiger partial charge < -0.3 is 10.1 Å². The third-order valence-corrected chi connectivity index (χ3v) is 5.58.